The largest absolute Gasteiger partial charge is 0.369 e. The van der Waals surface area contributed by atoms with Gasteiger partial charge in [-0.15, -0.1) is 0 Å². The third kappa shape index (κ3) is 1.21. The van der Waals surface area contributed by atoms with Crippen LogP contribution in [-0.4, -0.2) is 18.0 Å². The second-order valence-corrected chi connectivity index (χ2v) is 3.20. The molecule has 0 spiro atoms. The molecule has 10 heavy (non-hydrogen) atoms. The van der Waals surface area contributed by atoms with E-state index in [2.05, 4.69) is 0 Å². The van der Waals surface area contributed by atoms with Crippen LogP contribution in [0.15, 0.2) is 0 Å². The summed E-state index contributed by atoms with van der Waals surface area (Å²) in [6.07, 6.45) is 5.66. The third-order valence-corrected chi connectivity index (χ3v) is 2.31. The molecule has 2 aliphatic rings. The van der Waals surface area contributed by atoms with Crippen molar-refractivity contribution in [2.24, 2.45) is 0 Å². The lowest BCUT2D eigenvalue weighted by Crippen LogP contribution is -2.07. The summed E-state index contributed by atoms with van der Waals surface area (Å²) in [7, 11) is 0. The molecule has 1 aliphatic heterocycles. The van der Waals surface area contributed by atoms with Crippen molar-refractivity contribution in [2.75, 3.05) is 0 Å². The van der Waals surface area contributed by atoms with E-state index in [-0.39, 0.29) is 0 Å². The van der Waals surface area contributed by atoms with Gasteiger partial charge in [-0.1, -0.05) is 6.42 Å². The van der Waals surface area contributed by atoms with Gasteiger partial charge in [-0.2, -0.15) is 0 Å². The topological polar surface area (TPSA) is 29.6 Å². The molecule has 0 aromatic rings. The summed E-state index contributed by atoms with van der Waals surface area (Å²) in [5.41, 5.74) is 0. The molecule has 0 unspecified atom stereocenters. The van der Waals surface area contributed by atoms with E-state index in [0.29, 0.717) is 24.4 Å². The Morgan fingerprint density at radius 1 is 1.30 bits per heavy atom. The average Bonchev–Trinajstić information content (AvgIpc) is 2.54. The van der Waals surface area contributed by atoms with Crippen LogP contribution < -0.4 is 0 Å². The zero-order valence-corrected chi connectivity index (χ0v) is 6.01. The molecule has 0 aromatic carbocycles. The van der Waals surface area contributed by atoms with Crippen LogP contribution in [0.5, 0.6) is 0 Å². The molecule has 0 radical (unpaired) electrons. The van der Waals surface area contributed by atoms with E-state index in [1.54, 1.807) is 0 Å². The van der Waals surface area contributed by atoms with Crippen molar-refractivity contribution < 1.29 is 9.53 Å². The number of ketones is 1. The van der Waals surface area contributed by atoms with E-state index in [1.807, 2.05) is 0 Å². The highest BCUT2D eigenvalue weighted by molar-refractivity contribution is 5.79. The molecule has 2 atom stereocenters. The van der Waals surface area contributed by atoms with Crippen molar-refractivity contribution in [2.45, 2.75) is 44.3 Å². The van der Waals surface area contributed by atoms with Gasteiger partial charge in [0.05, 0.1) is 12.2 Å². The highest BCUT2D eigenvalue weighted by Crippen LogP contribution is 2.32. The zero-order chi connectivity index (χ0) is 6.97. The van der Waals surface area contributed by atoms with Crippen molar-refractivity contribution in [3.63, 3.8) is 0 Å². The first-order valence-electron chi connectivity index (χ1n) is 4.03. The van der Waals surface area contributed by atoms with Crippen molar-refractivity contribution >= 4 is 5.78 Å². The highest BCUT2D eigenvalue weighted by Gasteiger charge is 2.40. The maximum atomic E-state index is 11.0. The Bertz CT molecular complexity index is 153. The molecular weight excluding hydrogens is 128 g/mol. The van der Waals surface area contributed by atoms with Gasteiger partial charge in [-0.25, -0.2) is 0 Å². The van der Waals surface area contributed by atoms with Crippen molar-refractivity contribution in [3.8, 4) is 0 Å². The third-order valence-electron chi connectivity index (χ3n) is 2.31. The molecule has 1 saturated heterocycles. The summed E-state index contributed by atoms with van der Waals surface area (Å²) in [4.78, 5) is 11.0. The predicted molar refractivity (Wildman–Crippen MR) is 36.8 cm³/mol. The smallest absolute Gasteiger partial charge is 0.135 e. The van der Waals surface area contributed by atoms with Gasteiger partial charge >= 0.3 is 0 Å². The van der Waals surface area contributed by atoms with Gasteiger partial charge < -0.3 is 4.74 Å². The molecule has 2 nitrogen and oxygen atoms in total. The minimum absolute atomic E-state index is 0.313. The van der Waals surface area contributed by atoms with E-state index < -0.39 is 0 Å². The Morgan fingerprint density at radius 2 is 2.20 bits per heavy atom. The summed E-state index contributed by atoms with van der Waals surface area (Å²) in [5.74, 6) is 0.396. The van der Waals surface area contributed by atoms with Crippen LogP contribution in [-0.2, 0) is 9.53 Å². The van der Waals surface area contributed by atoms with Crippen LogP contribution in [0, 0.1) is 0 Å². The molecule has 2 heteroatoms. The molecule has 2 fully saturated rings. The minimum atomic E-state index is 0.313. The first kappa shape index (κ1) is 6.35. The molecule has 1 saturated carbocycles. The van der Waals surface area contributed by atoms with E-state index in [4.69, 9.17) is 4.74 Å². The van der Waals surface area contributed by atoms with Crippen molar-refractivity contribution in [3.05, 3.63) is 0 Å². The van der Waals surface area contributed by atoms with Gasteiger partial charge in [-0.05, 0) is 12.8 Å². The summed E-state index contributed by atoms with van der Waals surface area (Å²) >= 11 is 0. The summed E-state index contributed by atoms with van der Waals surface area (Å²) in [6.45, 7) is 0. The molecule has 56 valence electrons. The number of fused-ring (bicyclic) bond motifs is 1. The lowest BCUT2D eigenvalue weighted by molar-refractivity contribution is -0.119. The standard InChI is InChI=1S/C8H12O2/c9-6-3-1-2-4-7-8(5-6)10-7/h7-8H,1-5H2/t7-,8+/m1/s1. The predicted octanol–water partition coefficient (Wildman–Crippen LogP) is 1.29. The number of Topliss-reactive ketones (excluding diaryl/α,β-unsaturated/α-hetero) is 1. The van der Waals surface area contributed by atoms with E-state index in [0.717, 1.165) is 12.8 Å². The van der Waals surface area contributed by atoms with Gasteiger partial charge in [0.2, 0.25) is 0 Å². The Kier molecular flexibility index (Phi) is 1.49. The lowest BCUT2D eigenvalue weighted by atomic mass is 10.0. The first-order valence-corrected chi connectivity index (χ1v) is 4.03. The molecule has 0 N–H and O–H groups in total. The Hall–Kier alpha value is -0.370. The quantitative estimate of drug-likeness (QED) is 0.474. The van der Waals surface area contributed by atoms with Gasteiger partial charge in [0, 0.05) is 12.8 Å². The van der Waals surface area contributed by atoms with Gasteiger partial charge in [0.15, 0.2) is 0 Å². The van der Waals surface area contributed by atoms with Gasteiger partial charge in [0.1, 0.15) is 5.78 Å². The number of hydrogen-bond acceptors (Lipinski definition) is 2. The fraction of sp³-hybridized carbons (Fsp3) is 0.875. The van der Waals surface area contributed by atoms with Crippen molar-refractivity contribution in [1.82, 2.24) is 0 Å². The van der Waals surface area contributed by atoms with E-state index in [1.165, 1.54) is 12.8 Å². The van der Waals surface area contributed by atoms with Crippen LogP contribution in [0.4, 0.5) is 0 Å². The minimum Gasteiger partial charge on any atom is -0.369 e. The fourth-order valence-electron chi connectivity index (χ4n) is 1.61. The average molecular weight is 140 g/mol. The van der Waals surface area contributed by atoms with Crippen molar-refractivity contribution in [1.29, 1.82) is 0 Å². The zero-order valence-electron chi connectivity index (χ0n) is 6.01. The van der Waals surface area contributed by atoms with Crippen LogP contribution >= 0.6 is 0 Å². The first-order chi connectivity index (χ1) is 4.86. The summed E-state index contributed by atoms with van der Waals surface area (Å²) in [5, 5.41) is 0. The van der Waals surface area contributed by atoms with Gasteiger partial charge in [-0.3, -0.25) is 4.79 Å². The van der Waals surface area contributed by atoms with Crippen LogP contribution in [0.25, 0.3) is 0 Å². The number of hydrogen-bond donors (Lipinski definition) is 0. The van der Waals surface area contributed by atoms with Crippen LogP contribution in [0.2, 0.25) is 0 Å². The molecule has 0 bridgehead atoms. The highest BCUT2D eigenvalue weighted by atomic mass is 16.6. The lowest BCUT2D eigenvalue weighted by Gasteiger charge is -2.01. The Morgan fingerprint density at radius 3 is 3.10 bits per heavy atom. The number of rotatable bonds is 0. The number of epoxide rings is 1. The van der Waals surface area contributed by atoms with E-state index >= 15 is 0 Å². The second kappa shape index (κ2) is 2.35. The second-order valence-electron chi connectivity index (χ2n) is 3.20. The molecule has 0 amide bonds. The molecule has 1 aliphatic carbocycles. The van der Waals surface area contributed by atoms with Gasteiger partial charge in [0.25, 0.3) is 0 Å². The number of ether oxygens (including phenoxy) is 1. The summed E-state index contributed by atoms with van der Waals surface area (Å²) < 4.78 is 5.29. The maximum absolute atomic E-state index is 11.0. The molecular formula is C8H12O2. The summed E-state index contributed by atoms with van der Waals surface area (Å²) in [6, 6.07) is 0. The normalized spacial score (nSPS) is 39.8. The van der Waals surface area contributed by atoms with Crippen LogP contribution in [0.1, 0.15) is 32.1 Å². The molecule has 1 heterocycles. The Balaban J connectivity index is 1.91. The maximum Gasteiger partial charge on any atom is 0.135 e. The monoisotopic (exact) mass is 140 g/mol. The molecule has 0 aromatic heterocycles. The number of carbonyl (C=O) groups is 1. The van der Waals surface area contributed by atoms with E-state index in [9.17, 15) is 4.79 Å². The SMILES string of the molecule is O=C1CCCC[C@H]2O[C@H]2C1. The van der Waals surface area contributed by atoms with Crippen LogP contribution in [0.3, 0.4) is 0 Å². The Labute approximate surface area is 60.6 Å². The molecule has 2 rings (SSSR count). The fourth-order valence-corrected chi connectivity index (χ4v) is 1.61. The number of carbonyl (C=O) groups excluding carboxylic acids is 1.